The number of nitrogens with zero attached hydrogens (tertiary/aromatic N) is 1. The molecule has 0 radical (unpaired) electrons. The average molecular weight is 353 g/mol. The van der Waals surface area contributed by atoms with E-state index in [2.05, 4.69) is 37.3 Å². The third-order valence-electron chi connectivity index (χ3n) is 4.37. The predicted octanol–water partition coefficient (Wildman–Crippen LogP) is 4.34. The average Bonchev–Trinajstić information content (AvgIpc) is 2.62. The number of hydrogen-bond acceptors (Lipinski definition) is 2. The molecule has 0 amide bonds. The van der Waals surface area contributed by atoms with E-state index in [1.807, 2.05) is 31.2 Å². The Morgan fingerprint density at radius 1 is 0.880 bits per heavy atom. The first kappa shape index (κ1) is 17.6. The third-order valence-corrected chi connectivity index (χ3v) is 6.23. The minimum absolute atomic E-state index is 0.363. The van der Waals surface area contributed by atoms with E-state index in [1.165, 1.54) is 5.56 Å². The Hall–Kier alpha value is -2.17. The smallest absolute Gasteiger partial charge is 0.207 e. The van der Waals surface area contributed by atoms with Gasteiger partial charge in [-0.25, -0.2) is 8.42 Å². The van der Waals surface area contributed by atoms with E-state index >= 15 is 0 Å². The van der Waals surface area contributed by atoms with Crippen molar-refractivity contribution in [1.82, 2.24) is 4.31 Å². The number of rotatable bonds is 4. The molecule has 25 heavy (non-hydrogen) atoms. The minimum atomic E-state index is -3.44. The molecule has 0 spiro atoms. The van der Waals surface area contributed by atoms with Crippen molar-refractivity contribution >= 4 is 16.1 Å². The summed E-state index contributed by atoms with van der Waals surface area (Å²) in [5, 5.41) is 0. The fourth-order valence-corrected chi connectivity index (χ4v) is 4.25. The fraction of sp³-hybridized carbons (Fsp3) is 0.238. The molecule has 0 atom stereocenters. The van der Waals surface area contributed by atoms with Gasteiger partial charge in [-0.2, -0.15) is 4.31 Å². The second-order valence-corrected chi connectivity index (χ2v) is 8.40. The maximum atomic E-state index is 12.8. The molecule has 0 saturated carbocycles. The monoisotopic (exact) mass is 353 g/mol. The van der Waals surface area contributed by atoms with Crippen LogP contribution in [0.1, 0.15) is 23.1 Å². The van der Waals surface area contributed by atoms with Crippen LogP contribution in [-0.2, 0) is 10.0 Å². The summed E-state index contributed by atoms with van der Waals surface area (Å²) >= 11 is 0. The van der Waals surface area contributed by atoms with Crippen molar-refractivity contribution in [3.05, 3.63) is 82.9 Å². The molecular formula is C21H23NO2S. The van der Waals surface area contributed by atoms with Crippen LogP contribution >= 0.6 is 0 Å². The second kappa shape index (κ2) is 7.38. The maximum Gasteiger partial charge on any atom is 0.243 e. The van der Waals surface area contributed by atoms with Crippen LogP contribution in [0, 0.1) is 13.8 Å². The first-order valence-electron chi connectivity index (χ1n) is 8.46. The molecule has 0 unspecified atom stereocenters. The van der Waals surface area contributed by atoms with Crippen molar-refractivity contribution in [3.63, 3.8) is 0 Å². The van der Waals surface area contributed by atoms with Gasteiger partial charge in [0.25, 0.3) is 0 Å². The minimum Gasteiger partial charge on any atom is -0.207 e. The Labute approximate surface area is 150 Å². The largest absolute Gasteiger partial charge is 0.243 e. The Bertz CT molecular complexity index is 892. The van der Waals surface area contributed by atoms with Gasteiger partial charge in [-0.05, 0) is 43.5 Å². The molecular weight excluding hydrogens is 330 g/mol. The molecule has 130 valence electrons. The van der Waals surface area contributed by atoms with E-state index in [-0.39, 0.29) is 0 Å². The lowest BCUT2D eigenvalue weighted by atomic mass is 10.1. The summed E-state index contributed by atoms with van der Waals surface area (Å²) in [4.78, 5) is 0.363. The molecule has 0 aromatic heterocycles. The van der Waals surface area contributed by atoms with E-state index in [1.54, 1.807) is 16.4 Å². The van der Waals surface area contributed by atoms with Crippen molar-refractivity contribution in [1.29, 1.82) is 0 Å². The van der Waals surface area contributed by atoms with Gasteiger partial charge in [0.15, 0.2) is 0 Å². The highest BCUT2D eigenvalue weighted by atomic mass is 32.2. The van der Waals surface area contributed by atoms with Crippen LogP contribution in [-0.4, -0.2) is 25.8 Å². The van der Waals surface area contributed by atoms with E-state index in [4.69, 9.17) is 0 Å². The van der Waals surface area contributed by atoms with Gasteiger partial charge in [-0.3, -0.25) is 0 Å². The van der Waals surface area contributed by atoms with Gasteiger partial charge in [0.05, 0.1) is 4.90 Å². The number of benzene rings is 2. The van der Waals surface area contributed by atoms with Gasteiger partial charge >= 0.3 is 0 Å². The van der Waals surface area contributed by atoms with Crippen LogP contribution in [0.3, 0.4) is 0 Å². The highest BCUT2D eigenvalue weighted by Gasteiger charge is 2.26. The lowest BCUT2D eigenvalue weighted by Gasteiger charge is -2.25. The van der Waals surface area contributed by atoms with Crippen molar-refractivity contribution in [2.75, 3.05) is 13.1 Å². The summed E-state index contributed by atoms with van der Waals surface area (Å²) in [6, 6.07) is 15.3. The van der Waals surface area contributed by atoms with Crippen molar-refractivity contribution in [2.24, 2.45) is 0 Å². The molecule has 0 fully saturated rings. The number of hydrogen-bond donors (Lipinski definition) is 0. The lowest BCUT2D eigenvalue weighted by Crippen LogP contribution is -2.35. The van der Waals surface area contributed by atoms with Gasteiger partial charge in [-0.15, -0.1) is 0 Å². The van der Waals surface area contributed by atoms with Crippen molar-refractivity contribution < 1.29 is 8.42 Å². The molecule has 1 aliphatic heterocycles. The number of aryl methyl sites for hydroxylation is 2. The summed E-state index contributed by atoms with van der Waals surface area (Å²) in [7, 11) is -3.44. The van der Waals surface area contributed by atoms with E-state index in [0.717, 1.165) is 23.1 Å². The predicted molar refractivity (Wildman–Crippen MR) is 103 cm³/mol. The van der Waals surface area contributed by atoms with E-state index in [9.17, 15) is 8.42 Å². The molecule has 4 heteroatoms. The molecule has 1 heterocycles. The zero-order valence-electron chi connectivity index (χ0n) is 14.6. The molecule has 0 N–H and O–H groups in total. The molecule has 0 saturated heterocycles. The molecule has 0 aliphatic carbocycles. The van der Waals surface area contributed by atoms with E-state index < -0.39 is 10.0 Å². The molecule has 3 rings (SSSR count). The molecule has 0 bridgehead atoms. The Kier molecular flexibility index (Phi) is 5.21. The van der Waals surface area contributed by atoms with Crippen LogP contribution in [0.4, 0.5) is 0 Å². The summed E-state index contributed by atoms with van der Waals surface area (Å²) < 4.78 is 27.2. The van der Waals surface area contributed by atoms with Gasteiger partial charge in [-0.1, -0.05) is 65.8 Å². The normalized spacial score (nSPS) is 16.2. The molecule has 2 aromatic carbocycles. The summed E-state index contributed by atoms with van der Waals surface area (Å²) in [6.45, 7) is 4.95. The third kappa shape index (κ3) is 4.27. The zero-order valence-corrected chi connectivity index (χ0v) is 15.5. The van der Waals surface area contributed by atoms with Gasteiger partial charge in [0.2, 0.25) is 10.0 Å². The topological polar surface area (TPSA) is 37.4 Å². The van der Waals surface area contributed by atoms with Crippen LogP contribution in [0.5, 0.6) is 0 Å². The second-order valence-electron chi connectivity index (χ2n) is 6.46. The van der Waals surface area contributed by atoms with Gasteiger partial charge < -0.3 is 0 Å². The fourth-order valence-electron chi connectivity index (χ4n) is 2.81. The van der Waals surface area contributed by atoms with Gasteiger partial charge in [0.1, 0.15) is 0 Å². The van der Waals surface area contributed by atoms with Crippen LogP contribution in [0.15, 0.2) is 71.2 Å². The van der Waals surface area contributed by atoms with Crippen molar-refractivity contribution in [2.45, 2.75) is 25.2 Å². The summed E-state index contributed by atoms with van der Waals surface area (Å²) in [6.07, 6.45) is 6.90. The molecule has 3 nitrogen and oxygen atoms in total. The highest BCUT2D eigenvalue weighted by molar-refractivity contribution is 7.89. The SMILES string of the molecule is Cc1ccc(/C=C/C2=CCCN(S(=O)(=O)c3ccc(C)cc3)C2)cc1. The highest BCUT2D eigenvalue weighted by Crippen LogP contribution is 2.22. The summed E-state index contributed by atoms with van der Waals surface area (Å²) in [5.74, 6) is 0. The summed E-state index contributed by atoms with van der Waals surface area (Å²) in [5.41, 5.74) is 4.43. The van der Waals surface area contributed by atoms with Gasteiger partial charge in [0, 0.05) is 13.1 Å². The zero-order chi connectivity index (χ0) is 17.9. The Balaban J connectivity index is 1.75. The quantitative estimate of drug-likeness (QED) is 0.820. The van der Waals surface area contributed by atoms with Crippen LogP contribution in [0.2, 0.25) is 0 Å². The molecule has 1 aliphatic rings. The number of sulfonamides is 1. The first-order chi connectivity index (χ1) is 11.9. The van der Waals surface area contributed by atoms with Crippen LogP contribution < -0.4 is 0 Å². The Morgan fingerprint density at radius 2 is 1.48 bits per heavy atom. The maximum absolute atomic E-state index is 12.8. The Morgan fingerprint density at radius 3 is 2.12 bits per heavy atom. The first-order valence-corrected chi connectivity index (χ1v) is 9.90. The van der Waals surface area contributed by atoms with Crippen LogP contribution in [0.25, 0.3) is 6.08 Å². The lowest BCUT2D eigenvalue weighted by molar-refractivity contribution is 0.431. The standard InChI is InChI=1S/C21H23NO2S/c1-17-5-9-19(10-6-17)11-12-20-4-3-15-22(16-20)25(23,24)21-13-7-18(2)8-14-21/h4-14H,3,15-16H2,1-2H3/b12-11+. The molecule has 2 aromatic rings. The van der Waals surface area contributed by atoms with Crippen molar-refractivity contribution in [3.8, 4) is 0 Å². The van der Waals surface area contributed by atoms with E-state index in [0.29, 0.717) is 18.0 Å².